The summed E-state index contributed by atoms with van der Waals surface area (Å²) in [6.07, 6.45) is 3.10. The summed E-state index contributed by atoms with van der Waals surface area (Å²) in [6, 6.07) is 7.31. The number of anilines is 1. The quantitative estimate of drug-likeness (QED) is 0.645. The molecule has 1 aromatic carbocycles. The number of aliphatic hydroxyl groups excluding tert-OH is 1. The number of aliphatic hydroxyl groups is 1. The molecule has 3 aliphatic rings. The van der Waals surface area contributed by atoms with Gasteiger partial charge in [-0.1, -0.05) is 24.3 Å². The van der Waals surface area contributed by atoms with E-state index in [-0.39, 0.29) is 18.4 Å². The fraction of sp³-hybridized carbons (Fsp3) is 0.375. The summed E-state index contributed by atoms with van der Waals surface area (Å²) in [5, 5.41) is 9.64. The van der Waals surface area contributed by atoms with E-state index >= 15 is 0 Å². The van der Waals surface area contributed by atoms with E-state index in [9.17, 15) is 14.7 Å². The second kappa shape index (κ2) is 4.02. The molecule has 0 aliphatic carbocycles. The number of ether oxygens (including phenoxy) is 1. The first kappa shape index (κ1) is 12.7. The normalized spacial score (nSPS) is 36.7. The Morgan fingerprint density at radius 2 is 2.14 bits per heavy atom. The predicted molar refractivity (Wildman–Crippen MR) is 74.5 cm³/mol. The topological polar surface area (TPSA) is 66.8 Å². The van der Waals surface area contributed by atoms with Gasteiger partial charge in [0.15, 0.2) is 0 Å². The second-order valence-corrected chi connectivity index (χ2v) is 5.91. The van der Waals surface area contributed by atoms with Crippen LogP contribution in [0.25, 0.3) is 0 Å². The maximum absolute atomic E-state index is 12.7. The van der Waals surface area contributed by atoms with Crippen molar-refractivity contribution in [1.82, 2.24) is 0 Å². The molecule has 4 rings (SSSR count). The Kier molecular flexibility index (Phi) is 2.44. The molecule has 3 heterocycles. The van der Waals surface area contributed by atoms with Crippen LogP contribution in [-0.2, 0) is 14.3 Å². The lowest BCUT2D eigenvalue weighted by atomic mass is 9.77. The Hall–Kier alpha value is -1.98. The van der Waals surface area contributed by atoms with Gasteiger partial charge in [-0.25, -0.2) is 4.90 Å². The van der Waals surface area contributed by atoms with Crippen LogP contribution in [0.1, 0.15) is 5.56 Å². The summed E-state index contributed by atoms with van der Waals surface area (Å²) in [7, 11) is 0. The highest BCUT2D eigenvalue weighted by Gasteiger charge is 2.67. The highest BCUT2D eigenvalue weighted by molar-refractivity contribution is 6.23. The van der Waals surface area contributed by atoms with Gasteiger partial charge in [-0.2, -0.15) is 0 Å². The van der Waals surface area contributed by atoms with Crippen molar-refractivity contribution in [1.29, 1.82) is 0 Å². The lowest BCUT2D eigenvalue weighted by Gasteiger charge is -2.26. The molecular weight excluding hydrogens is 270 g/mol. The number of nitrogens with zero attached hydrogens (tertiary/aromatic N) is 1. The van der Waals surface area contributed by atoms with Gasteiger partial charge in [-0.15, -0.1) is 0 Å². The summed E-state index contributed by atoms with van der Waals surface area (Å²) in [5.74, 6) is -1.66. The van der Waals surface area contributed by atoms with Crippen LogP contribution in [0.3, 0.4) is 0 Å². The van der Waals surface area contributed by atoms with Crippen LogP contribution in [0.2, 0.25) is 0 Å². The van der Waals surface area contributed by atoms with Crippen molar-refractivity contribution in [3.8, 4) is 0 Å². The number of rotatable bonds is 2. The standard InChI is InChI=1S/C16H15NO4/c1-9-3-2-4-10(7-9)17-14(19)12-11-5-6-16(8-18,21-11)13(12)15(17)20/h2-7,11-13,18H,8H2,1H3/t11-,12+,13-,16+/m0/s1. The number of fused-ring (bicyclic) bond motifs is 5. The first-order valence-electron chi connectivity index (χ1n) is 7.00. The van der Waals surface area contributed by atoms with Crippen molar-refractivity contribution in [2.45, 2.75) is 18.6 Å². The van der Waals surface area contributed by atoms with Crippen LogP contribution >= 0.6 is 0 Å². The zero-order valence-electron chi connectivity index (χ0n) is 11.5. The van der Waals surface area contributed by atoms with E-state index in [1.807, 2.05) is 25.1 Å². The van der Waals surface area contributed by atoms with Crippen LogP contribution < -0.4 is 4.90 Å². The SMILES string of the molecule is Cc1cccc(N2C(=O)[C@@H]3[C@@H]4C=C[C@](CO)(O4)[C@@H]3C2=O)c1. The molecule has 2 amide bonds. The molecule has 2 bridgehead atoms. The van der Waals surface area contributed by atoms with E-state index in [1.165, 1.54) is 4.90 Å². The molecule has 5 nitrogen and oxygen atoms in total. The molecule has 0 unspecified atom stereocenters. The van der Waals surface area contributed by atoms with E-state index < -0.39 is 23.5 Å². The van der Waals surface area contributed by atoms with Gasteiger partial charge >= 0.3 is 0 Å². The van der Waals surface area contributed by atoms with Gasteiger partial charge in [0.2, 0.25) is 11.8 Å². The van der Waals surface area contributed by atoms with Crippen LogP contribution in [0.5, 0.6) is 0 Å². The van der Waals surface area contributed by atoms with E-state index in [0.29, 0.717) is 5.69 Å². The fourth-order valence-electron chi connectivity index (χ4n) is 3.71. The lowest BCUT2D eigenvalue weighted by Crippen LogP contribution is -2.43. The van der Waals surface area contributed by atoms with Gasteiger partial charge in [-0.3, -0.25) is 9.59 Å². The number of carbonyl (C=O) groups excluding carboxylic acids is 2. The number of hydrogen-bond acceptors (Lipinski definition) is 4. The maximum Gasteiger partial charge on any atom is 0.241 e. The highest BCUT2D eigenvalue weighted by Crippen LogP contribution is 2.52. The zero-order chi connectivity index (χ0) is 14.8. The Labute approximate surface area is 121 Å². The third-order valence-electron chi connectivity index (χ3n) is 4.66. The molecule has 0 saturated carbocycles. The smallest absolute Gasteiger partial charge is 0.241 e. The van der Waals surface area contributed by atoms with Gasteiger partial charge in [0, 0.05) is 0 Å². The van der Waals surface area contributed by atoms with Crippen molar-refractivity contribution in [3.05, 3.63) is 42.0 Å². The Bertz CT molecular complexity index is 683. The van der Waals surface area contributed by atoms with Crippen molar-refractivity contribution >= 4 is 17.5 Å². The molecule has 21 heavy (non-hydrogen) atoms. The summed E-state index contributed by atoms with van der Waals surface area (Å²) in [5.41, 5.74) is 0.548. The predicted octanol–water partition coefficient (Wildman–Crippen LogP) is 0.800. The Morgan fingerprint density at radius 3 is 2.86 bits per heavy atom. The third-order valence-corrected chi connectivity index (χ3v) is 4.66. The summed E-state index contributed by atoms with van der Waals surface area (Å²) in [6.45, 7) is 1.63. The first-order chi connectivity index (χ1) is 10.1. The van der Waals surface area contributed by atoms with Crippen LogP contribution in [0, 0.1) is 18.8 Å². The van der Waals surface area contributed by atoms with Gasteiger partial charge in [0.05, 0.1) is 30.2 Å². The van der Waals surface area contributed by atoms with Crippen LogP contribution in [0.4, 0.5) is 5.69 Å². The van der Waals surface area contributed by atoms with E-state index in [2.05, 4.69) is 0 Å². The van der Waals surface area contributed by atoms with Crippen LogP contribution in [-0.4, -0.2) is 35.2 Å². The zero-order valence-corrected chi connectivity index (χ0v) is 11.5. The second-order valence-electron chi connectivity index (χ2n) is 5.91. The Balaban J connectivity index is 1.79. The summed E-state index contributed by atoms with van der Waals surface area (Å²) < 4.78 is 5.70. The van der Waals surface area contributed by atoms with Crippen molar-refractivity contribution < 1.29 is 19.4 Å². The van der Waals surface area contributed by atoms with Crippen molar-refractivity contribution in [2.75, 3.05) is 11.5 Å². The maximum atomic E-state index is 12.7. The van der Waals surface area contributed by atoms with Crippen molar-refractivity contribution in [3.63, 3.8) is 0 Å². The van der Waals surface area contributed by atoms with Crippen molar-refractivity contribution in [2.24, 2.45) is 11.8 Å². The summed E-state index contributed by atoms with van der Waals surface area (Å²) in [4.78, 5) is 26.7. The summed E-state index contributed by atoms with van der Waals surface area (Å²) >= 11 is 0. The molecule has 1 aromatic rings. The molecule has 2 fully saturated rings. The van der Waals surface area contributed by atoms with Gasteiger partial charge in [0.1, 0.15) is 5.60 Å². The van der Waals surface area contributed by atoms with Gasteiger partial charge in [0.25, 0.3) is 0 Å². The molecule has 1 N–H and O–H groups in total. The fourth-order valence-corrected chi connectivity index (χ4v) is 3.71. The van der Waals surface area contributed by atoms with E-state index in [4.69, 9.17) is 4.74 Å². The largest absolute Gasteiger partial charge is 0.393 e. The number of hydrogen-bond donors (Lipinski definition) is 1. The number of carbonyl (C=O) groups is 2. The monoisotopic (exact) mass is 285 g/mol. The minimum absolute atomic E-state index is 0.236. The molecule has 0 radical (unpaired) electrons. The number of aryl methyl sites for hydroxylation is 1. The molecule has 108 valence electrons. The van der Waals surface area contributed by atoms with Gasteiger partial charge < -0.3 is 9.84 Å². The number of benzene rings is 1. The van der Waals surface area contributed by atoms with E-state index in [0.717, 1.165) is 5.56 Å². The first-order valence-corrected chi connectivity index (χ1v) is 7.00. The molecule has 2 saturated heterocycles. The molecule has 0 spiro atoms. The van der Waals surface area contributed by atoms with E-state index in [1.54, 1.807) is 18.2 Å². The van der Waals surface area contributed by atoms with Gasteiger partial charge in [-0.05, 0) is 24.6 Å². The minimum atomic E-state index is -1.03. The lowest BCUT2D eigenvalue weighted by molar-refractivity contribution is -0.128. The molecule has 0 aromatic heterocycles. The molecule has 3 aliphatic heterocycles. The minimum Gasteiger partial charge on any atom is -0.393 e. The average Bonchev–Trinajstić information content (AvgIpc) is 3.10. The third kappa shape index (κ3) is 1.47. The molecular formula is C16H15NO4. The van der Waals surface area contributed by atoms with Crippen LogP contribution in [0.15, 0.2) is 36.4 Å². The number of imide groups is 1. The Morgan fingerprint density at radius 1 is 1.33 bits per heavy atom. The highest BCUT2D eigenvalue weighted by atomic mass is 16.5. The molecule has 4 atom stereocenters. The number of amides is 2. The average molecular weight is 285 g/mol. The molecule has 5 heteroatoms.